The number of carbonyl (C=O) groups is 3. The SMILES string of the molecule is O=C(COC(=O)c1ccccc1NC(=O)Cn1cnnn1)NCCc1ccc(F)cc1. The van der Waals surface area contributed by atoms with Gasteiger partial charge in [0.1, 0.15) is 18.7 Å². The lowest BCUT2D eigenvalue weighted by atomic mass is 10.1. The molecule has 10 nitrogen and oxygen atoms in total. The molecule has 2 N–H and O–H groups in total. The Labute approximate surface area is 176 Å². The molecule has 0 atom stereocenters. The van der Waals surface area contributed by atoms with Gasteiger partial charge in [-0.05, 0) is 46.7 Å². The van der Waals surface area contributed by atoms with Crippen LogP contribution < -0.4 is 10.6 Å². The van der Waals surface area contributed by atoms with Crippen molar-refractivity contribution >= 4 is 23.5 Å². The van der Waals surface area contributed by atoms with Crippen LogP contribution in [0.25, 0.3) is 0 Å². The number of anilines is 1. The van der Waals surface area contributed by atoms with Gasteiger partial charge in [-0.15, -0.1) is 5.10 Å². The summed E-state index contributed by atoms with van der Waals surface area (Å²) in [6.07, 6.45) is 1.80. The van der Waals surface area contributed by atoms with Crippen molar-refractivity contribution in [1.29, 1.82) is 0 Å². The lowest BCUT2D eigenvalue weighted by molar-refractivity contribution is -0.124. The molecular formula is C20H19FN6O4. The highest BCUT2D eigenvalue weighted by Gasteiger charge is 2.16. The van der Waals surface area contributed by atoms with E-state index in [1.165, 1.54) is 35.3 Å². The Balaban J connectivity index is 1.46. The van der Waals surface area contributed by atoms with Gasteiger partial charge in [0.2, 0.25) is 5.91 Å². The Morgan fingerprint density at radius 1 is 1.03 bits per heavy atom. The third kappa shape index (κ3) is 6.70. The van der Waals surface area contributed by atoms with Crippen molar-refractivity contribution in [2.45, 2.75) is 13.0 Å². The lowest BCUT2D eigenvalue weighted by Crippen LogP contribution is -2.30. The number of nitrogens with zero attached hydrogens (tertiary/aromatic N) is 4. The van der Waals surface area contributed by atoms with Crippen molar-refractivity contribution in [3.8, 4) is 0 Å². The van der Waals surface area contributed by atoms with Gasteiger partial charge < -0.3 is 15.4 Å². The van der Waals surface area contributed by atoms with Crippen molar-refractivity contribution < 1.29 is 23.5 Å². The summed E-state index contributed by atoms with van der Waals surface area (Å²) < 4.78 is 19.2. The van der Waals surface area contributed by atoms with Crippen LogP contribution in [-0.2, 0) is 27.3 Å². The van der Waals surface area contributed by atoms with Crippen LogP contribution in [0.3, 0.4) is 0 Å². The van der Waals surface area contributed by atoms with Crippen LogP contribution in [-0.4, -0.2) is 51.1 Å². The maximum atomic E-state index is 12.9. The first-order valence-corrected chi connectivity index (χ1v) is 9.29. The highest BCUT2D eigenvalue weighted by molar-refractivity contribution is 6.01. The standard InChI is InChI=1S/C20H19FN6O4/c21-15-7-5-14(6-8-15)9-10-22-19(29)12-31-20(30)16-3-1-2-4-17(16)24-18(28)11-27-13-23-25-26-27/h1-8,13H,9-12H2,(H,22,29)(H,24,28). The van der Waals surface area contributed by atoms with E-state index in [2.05, 4.69) is 26.2 Å². The zero-order valence-electron chi connectivity index (χ0n) is 16.3. The Bertz CT molecular complexity index is 1040. The smallest absolute Gasteiger partial charge is 0.340 e. The molecule has 2 amide bonds. The zero-order chi connectivity index (χ0) is 22.1. The van der Waals surface area contributed by atoms with Gasteiger partial charge in [-0.3, -0.25) is 9.59 Å². The molecule has 0 saturated carbocycles. The number of para-hydroxylation sites is 1. The zero-order valence-corrected chi connectivity index (χ0v) is 16.3. The van der Waals surface area contributed by atoms with E-state index >= 15 is 0 Å². The summed E-state index contributed by atoms with van der Waals surface area (Å²) in [5.41, 5.74) is 1.21. The van der Waals surface area contributed by atoms with Gasteiger partial charge in [0.05, 0.1) is 11.3 Å². The molecule has 1 aromatic heterocycles. The molecule has 0 unspecified atom stereocenters. The number of benzene rings is 2. The fraction of sp³-hybridized carbons (Fsp3) is 0.200. The molecule has 0 spiro atoms. The van der Waals surface area contributed by atoms with E-state index in [1.807, 2.05) is 0 Å². The molecule has 0 bridgehead atoms. The Hall–Kier alpha value is -4.15. The fourth-order valence-electron chi connectivity index (χ4n) is 2.62. The predicted molar refractivity (Wildman–Crippen MR) is 106 cm³/mol. The minimum atomic E-state index is -0.757. The second-order valence-corrected chi connectivity index (χ2v) is 6.40. The number of hydrogen-bond donors (Lipinski definition) is 2. The molecule has 3 rings (SSSR count). The lowest BCUT2D eigenvalue weighted by Gasteiger charge is -2.11. The summed E-state index contributed by atoms with van der Waals surface area (Å²) >= 11 is 0. The van der Waals surface area contributed by atoms with Crippen LogP contribution in [0.15, 0.2) is 54.9 Å². The molecule has 0 aliphatic heterocycles. The minimum Gasteiger partial charge on any atom is -0.452 e. The highest BCUT2D eigenvalue weighted by Crippen LogP contribution is 2.16. The number of amides is 2. The van der Waals surface area contributed by atoms with Gasteiger partial charge in [-0.25, -0.2) is 13.9 Å². The molecule has 160 valence electrons. The van der Waals surface area contributed by atoms with Crippen LogP contribution >= 0.6 is 0 Å². The maximum absolute atomic E-state index is 12.9. The first kappa shape index (κ1) is 21.6. The second kappa shape index (κ2) is 10.6. The molecule has 0 radical (unpaired) electrons. The number of ether oxygens (including phenoxy) is 1. The van der Waals surface area contributed by atoms with Crippen LogP contribution in [0.5, 0.6) is 0 Å². The number of esters is 1. The van der Waals surface area contributed by atoms with E-state index in [4.69, 9.17) is 4.74 Å². The summed E-state index contributed by atoms with van der Waals surface area (Å²) in [6.45, 7) is -0.298. The number of hydrogen-bond acceptors (Lipinski definition) is 7. The number of tetrazole rings is 1. The summed E-state index contributed by atoms with van der Waals surface area (Å²) in [7, 11) is 0. The molecule has 0 fully saturated rings. The summed E-state index contributed by atoms with van der Waals surface area (Å²) in [5.74, 6) is -2.00. The van der Waals surface area contributed by atoms with E-state index in [-0.39, 0.29) is 23.6 Å². The molecular weight excluding hydrogens is 407 g/mol. The topological polar surface area (TPSA) is 128 Å². The third-order valence-electron chi connectivity index (χ3n) is 4.10. The van der Waals surface area contributed by atoms with Gasteiger partial charge >= 0.3 is 5.97 Å². The molecule has 31 heavy (non-hydrogen) atoms. The average Bonchev–Trinajstić information content (AvgIpc) is 3.26. The van der Waals surface area contributed by atoms with E-state index in [1.54, 1.807) is 24.3 Å². The summed E-state index contributed by atoms with van der Waals surface area (Å²) in [6, 6.07) is 12.2. The van der Waals surface area contributed by atoms with Gasteiger partial charge in [0.25, 0.3) is 5.91 Å². The van der Waals surface area contributed by atoms with Crippen molar-refractivity contribution in [3.63, 3.8) is 0 Å². The maximum Gasteiger partial charge on any atom is 0.340 e. The van der Waals surface area contributed by atoms with Gasteiger partial charge in [0.15, 0.2) is 6.61 Å². The molecule has 11 heteroatoms. The largest absolute Gasteiger partial charge is 0.452 e. The number of nitrogens with one attached hydrogen (secondary N) is 2. The third-order valence-corrected chi connectivity index (χ3v) is 4.10. The van der Waals surface area contributed by atoms with E-state index in [0.717, 1.165) is 5.56 Å². The summed E-state index contributed by atoms with van der Waals surface area (Å²) in [5, 5.41) is 15.7. The van der Waals surface area contributed by atoms with Crippen LogP contribution in [0.4, 0.5) is 10.1 Å². The van der Waals surface area contributed by atoms with E-state index < -0.39 is 24.4 Å². The van der Waals surface area contributed by atoms with Gasteiger partial charge in [-0.1, -0.05) is 24.3 Å². The van der Waals surface area contributed by atoms with E-state index in [9.17, 15) is 18.8 Å². The number of halogens is 1. The molecule has 0 aliphatic rings. The van der Waals surface area contributed by atoms with Crippen molar-refractivity contribution in [1.82, 2.24) is 25.5 Å². The van der Waals surface area contributed by atoms with Crippen LogP contribution in [0, 0.1) is 5.82 Å². The van der Waals surface area contributed by atoms with Crippen molar-refractivity contribution in [2.24, 2.45) is 0 Å². The normalized spacial score (nSPS) is 10.4. The second-order valence-electron chi connectivity index (χ2n) is 6.40. The number of carbonyl (C=O) groups excluding carboxylic acids is 3. The Morgan fingerprint density at radius 2 is 1.81 bits per heavy atom. The quantitative estimate of drug-likeness (QED) is 0.488. The molecule has 2 aromatic carbocycles. The monoisotopic (exact) mass is 426 g/mol. The van der Waals surface area contributed by atoms with Crippen LogP contribution in [0.1, 0.15) is 15.9 Å². The molecule has 1 heterocycles. The van der Waals surface area contributed by atoms with Crippen LogP contribution in [0.2, 0.25) is 0 Å². The Kier molecular flexibility index (Phi) is 7.35. The van der Waals surface area contributed by atoms with Gasteiger partial charge in [0, 0.05) is 6.54 Å². The van der Waals surface area contributed by atoms with Crippen molar-refractivity contribution in [2.75, 3.05) is 18.5 Å². The minimum absolute atomic E-state index is 0.103. The molecule has 0 aliphatic carbocycles. The Morgan fingerprint density at radius 3 is 2.55 bits per heavy atom. The summed E-state index contributed by atoms with van der Waals surface area (Å²) in [4.78, 5) is 36.4. The molecule has 3 aromatic rings. The van der Waals surface area contributed by atoms with Gasteiger partial charge in [-0.2, -0.15) is 0 Å². The average molecular weight is 426 g/mol. The first-order chi connectivity index (χ1) is 15.0. The fourth-order valence-corrected chi connectivity index (χ4v) is 2.62. The number of rotatable bonds is 9. The number of aromatic nitrogens is 4. The molecule has 0 saturated heterocycles. The first-order valence-electron chi connectivity index (χ1n) is 9.29. The predicted octanol–water partition coefficient (Wildman–Crippen LogP) is 0.967. The van der Waals surface area contributed by atoms with Crippen molar-refractivity contribution in [3.05, 3.63) is 71.8 Å². The van der Waals surface area contributed by atoms with E-state index in [0.29, 0.717) is 13.0 Å². The highest BCUT2D eigenvalue weighted by atomic mass is 19.1.